The highest BCUT2D eigenvalue weighted by molar-refractivity contribution is 5.93. The zero-order valence-corrected chi connectivity index (χ0v) is 14.6. The van der Waals surface area contributed by atoms with Crippen LogP contribution in [0, 0.1) is 10.1 Å². The van der Waals surface area contributed by atoms with Gasteiger partial charge >= 0.3 is 0 Å². The summed E-state index contributed by atoms with van der Waals surface area (Å²) in [4.78, 5) is 36.8. The van der Waals surface area contributed by atoms with Gasteiger partial charge in [0.15, 0.2) is 0 Å². The molecule has 1 fully saturated rings. The summed E-state index contributed by atoms with van der Waals surface area (Å²) in [6, 6.07) is 15.1. The van der Waals surface area contributed by atoms with Crippen molar-refractivity contribution in [2.24, 2.45) is 0 Å². The monoisotopic (exact) mass is 365 g/mol. The number of nitro groups is 1. The SMILES string of the molecule is O=C1C[C@@H](c2ccccc2)N(C(=O)/C=C\c2cccc([N+](=O)[O-])c2)CCN1. The Hall–Kier alpha value is -3.48. The molecule has 0 aromatic heterocycles. The lowest BCUT2D eigenvalue weighted by atomic mass is 10.0. The first-order valence-corrected chi connectivity index (χ1v) is 8.59. The number of hydrogen-bond acceptors (Lipinski definition) is 4. The zero-order valence-electron chi connectivity index (χ0n) is 14.6. The van der Waals surface area contributed by atoms with Gasteiger partial charge in [-0.05, 0) is 17.2 Å². The third-order valence-corrected chi connectivity index (χ3v) is 4.40. The molecule has 1 heterocycles. The van der Waals surface area contributed by atoms with E-state index >= 15 is 0 Å². The molecule has 1 aliphatic rings. The molecule has 138 valence electrons. The number of carbonyl (C=O) groups is 2. The van der Waals surface area contributed by atoms with Gasteiger partial charge in [0, 0.05) is 31.3 Å². The van der Waals surface area contributed by atoms with Crippen LogP contribution in [0.2, 0.25) is 0 Å². The summed E-state index contributed by atoms with van der Waals surface area (Å²) in [7, 11) is 0. The molecule has 7 heteroatoms. The molecule has 1 aliphatic heterocycles. The lowest BCUT2D eigenvalue weighted by Gasteiger charge is -2.28. The first kappa shape index (κ1) is 18.3. The molecule has 1 saturated heterocycles. The zero-order chi connectivity index (χ0) is 19.2. The second-order valence-corrected chi connectivity index (χ2v) is 6.20. The van der Waals surface area contributed by atoms with Gasteiger partial charge in [0.05, 0.1) is 17.4 Å². The van der Waals surface area contributed by atoms with Crippen LogP contribution in [0.5, 0.6) is 0 Å². The van der Waals surface area contributed by atoms with Gasteiger partial charge < -0.3 is 10.2 Å². The van der Waals surface area contributed by atoms with Gasteiger partial charge in [-0.25, -0.2) is 0 Å². The van der Waals surface area contributed by atoms with Crippen molar-refractivity contribution in [1.82, 2.24) is 10.2 Å². The number of benzene rings is 2. The van der Waals surface area contributed by atoms with Crippen molar-refractivity contribution in [3.05, 3.63) is 81.9 Å². The average Bonchev–Trinajstić information content (AvgIpc) is 2.88. The molecule has 1 N–H and O–H groups in total. The summed E-state index contributed by atoms with van der Waals surface area (Å²) in [5.74, 6) is -0.339. The largest absolute Gasteiger partial charge is 0.354 e. The fourth-order valence-electron chi connectivity index (χ4n) is 3.07. The fraction of sp³-hybridized carbons (Fsp3) is 0.200. The first-order chi connectivity index (χ1) is 13.0. The van der Waals surface area contributed by atoms with Crippen LogP contribution in [0.15, 0.2) is 60.7 Å². The van der Waals surface area contributed by atoms with Crippen molar-refractivity contribution in [2.75, 3.05) is 13.1 Å². The second kappa shape index (κ2) is 8.27. The third kappa shape index (κ3) is 4.58. The van der Waals surface area contributed by atoms with Gasteiger partial charge in [-0.1, -0.05) is 42.5 Å². The third-order valence-electron chi connectivity index (χ3n) is 4.40. The molecule has 1 atom stereocenters. The number of rotatable bonds is 4. The van der Waals surface area contributed by atoms with Crippen LogP contribution < -0.4 is 5.32 Å². The van der Waals surface area contributed by atoms with Crippen LogP contribution in [0.25, 0.3) is 6.08 Å². The van der Waals surface area contributed by atoms with Crippen molar-refractivity contribution < 1.29 is 14.5 Å². The van der Waals surface area contributed by atoms with Gasteiger partial charge in [-0.3, -0.25) is 19.7 Å². The molecule has 2 aromatic rings. The molecule has 0 bridgehead atoms. The highest BCUT2D eigenvalue weighted by Crippen LogP contribution is 2.26. The van der Waals surface area contributed by atoms with E-state index in [-0.39, 0.29) is 30.0 Å². The van der Waals surface area contributed by atoms with Crippen molar-refractivity contribution in [2.45, 2.75) is 12.5 Å². The summed E-state index contributed by atoms with van der Waals surface area (Å²) in [6.45, 7) is 0.780. The molecule has 0 radical (unpaired) electrons. The maximum absolute atomic E-state index is 12.8. The van der Waals surface area contributed by atoms with Gasteiger partial charge in [0.1, 0.15) is 0 Å². The van der Waals surface area contributed by atoms with Crippen LogP contribution in [0.3, 0.4) is 0 Å². The Bertz CT molecular complexity index is 880. The van der Waals surface area contributed by atoms with Crippen LogP contribution >= 0.6 is 0 Å². The summed E-state index contributed by atoms with van der Waals surface area (Å²) >= 11 is 0. The first-order valence-electron chi connectivity index (χ1n) is 8.59. The number of nitrogens with zero attached hydrogens (tertiary/aromatic N) is 2. The van der Waals surface area contributed by atoms with Crippen LogP contribution in [-0.2, 0) is 9.59 Å². The van der Waals surface area contributed by atoms with Gasteiger partial charge in [-0.2, -0.15) is 0 Å². The van der Waals surface area contributed by atoms with E-state index in [0.29, 0.717) is 18.7 Å². The number of hydrogen-bond donors (Lipinski definition) is 1. The molecule has 0 unspecified atom stereocenters. The molecule has 2 amide bonds. The van der Waals surface area contributed by atoms with Gasteiger partial charge in [0.2, 0.25) is 11.8 Å². The van der Waals surface area contributed by atoms with E-state index < -0.39 is 4.92 Å². The smallest absolute Gasteiger partial charge is 0.270 e. The number of nitro benzene ring substituents is 1. The molecule has 3 rings (SSSR count). The van der Waals surface area contributed by atoms with Crippen LogP contribution in [-0.4, -0.2) is 34.7 Å². The summed E-state index contributed by atoms with van der Waals surface area (Å²) in [6.07, 6.45) is 3.14. The van der Waals surface area contributed by atoms with E-state index in [1.165, 1.54) is 18.2 Å². The Morgan fingerprint density at radius 1 is 1.19 bits per heavy atom. The predicted molar refractivity (Wildman–Crippen MR) is 101 cm³/mol. The highest BCUT2D eigenvalue weighted by atomic mass is 16.6. The van der Waals surface area contributed by atoms with Gasteiger partial charge in [-0.15, -0.1) is 0 Å². The molecular weight excluding hydrogens is 346 g/mol. The maximum atomic E-state index is 12.8. The molecular formula is C20H19N3O4. The lowest BCUT2D eigenvalue weighted by Crippen LogP contribution is -2.35. The van der Waals surface area contributed by atoms with E-state index in [2.05, 4.69) is 5.32 Å². The maximum Gasteiger partial charge on any atom is 0.270 e. The Labute approximate surface area is 156 Å². The number of amides is 2. The minimum absolute atomic E-state index is 0.0312. The topological polar surface area (TPSA) is 92.5 Å². The fourth-order valence-corrected chi connectivity index (χ4v) is 3.07. The van der Waals surface area contributed by atoms with Crippen LogP contribution in [0.1, 0.15) is 23.6 Å². The van der Waals surface area contributed by atoms with Crippen molar-refractivity contribution in [1.29, 1.82) is 0 Å². The molecule has 0 saturated carbocycles. The van der Waals surface area contributed by atoms with Crippen molar-refractivity contribution in [3.63, 3.8) is 0 Å². The number of carbonyl (C=O) groups excluding carboxylic acids is 2. The normalized spacial score (nSPS) is 17.4. The minimum atomic E-state index is -0.476. The number of nitrogens with one attached hydrogen (secondary N) is 1. The Morgan fingerprint density at radius 2 is 1.96 bits per heavy atom. The van der Waals surface area contributed by atoms with E-state index in [0.717, 1.165) is 5.56 Å². The van der Waals surface area contributed by atoms with E-state index in [1.54, 1.807) is 23.1 Å². The molecule has 7 nitrogen and oxygen atoms in total. The standard InChI is InChI=1S/C20H19N3O4/c24-19-14-18(16-6-2-1-3-7-16)22(12-11-21-19)20(25)10-9-15-5-4-8-17(13-15)23(26)27/h1-10,13,18H,11-12,14H2,(H,21,24)/b10-9-/t18-/m0/s1. The lowest BCUT2D eigenvalue weighted by molar-refractivity contribution is -0.384. The van der Waals surface area contributed by atoms with Gasteiger partial charge in [0.25, 0.3) is 5.69 Å². The average molecular weight is 365 g/mol. The predicted octanol–water partition coefficient (Wildman–Crippen LogP) is 2.70. The highest BCUT2D eigenvalue weighted by Gasteiger charge is 2.28. The Kier molecular flexibility index (Phi) is 5.61. The summed E-state index contributed by atoms with van der Waals surface area (Å²) < 4.78 is 0. The van der Waals surface area contributed by atoms with Crippen molar-refractivity contribution >= 4 is 23.6 Å². The van der Waals surface area contributed by atoms with Crippen LogP contribution in [0.4, 0.5) is 5.69 Å². The molecule has 27 heavy (non-hydrogen) atoms. The van der Waals surface area contributed by atoms with Crippen molar-refractivity contribution in [3.8, 4) is 0 Å². The van der Waals surface area contributed by atoms with E-state index in [9.17, 15) is 19.7 Å². The summed E-state index contributed by atoms with van der Waals surface area (Å²) in [5.41, 5.74) is 1.43. The summed E-state index contributed by atoms with van der Waals surface area (Å²) in [5, 5.41) is 13.7. The Balaban J connectivity index is 1.83. The number of non-ortho nitro benzene ring substituents is 1. The van der Waals surface area contributed by atoms with E-state index in [4.69, 9.17) is 0 Å². The quantitative estimate of drug-likeness (QED) is 0.512. The Morgan fingerprint density at radius 3 is 2.70 bits per heavy atom. The second-order valence-electron chi connectivity index (χ2n) is 6.20. The minimum Gasteiger partial charge on any atom is -0.354 e. The molecule has 0 aliphatic carbocycles. The molecule has 2 aromatic carbocycles. The molecule has 0 spiro atoms. The van der Waals surface area contributed by atoms with E-state index in [1.807, 2.05) is 30.3 Å².